The Morgan fingerprint density at radius 1 is 1.36 bits per heavy atom. The summed E-state index contributed by atoms with van der Waals surface area (Å²) >= 11 is 1.76. The summed E-state index contributed by atoms with van der Waals surface area (Å²) < 4.78 is 0. The molecule has 134 valence electrons. The number of rotatable bonds is 6. The number of nitrogens with zero attached hydrogens (tertiary/aromatic N) is 3. The summed E-state index contributed by atoms with van der Waals surface area (Å²) in [5, 5.41) is 7.86. The SMILES string of the molecule is CCc1cnc(CNC(=NC)NCCN2c3ccccc3CC2C)s1. The van der Waals surface area contributed by atoms with Crippen LogP contribution in [0, 0.1) is 0 Å². The predicted molar refractivity (Wildman–Crippen MR) is 107 cm³/mol. The number of aryl methyl sites for hydroxylation is 1. The second-order valence-corrected chi connectivity index (χ2v) is 7.50. The Balaban J connectivity index is 1.47. The molecule has 1 unspecified atom stereocenters. The molecule has 0 aliphatic carbocycles. The van der Waals surface area contributed by atoms with Crippen LogP contribution in [0.2, 0.25) is 0 Å². The molecular weight excluding hydrogens is 330 g/mol. The van der Waals surface area contributed by atoms with Gasteiger partial charge in [0.1, 0.15) is 5.01 Å². The summed E-state index contributed by atoms with van der Waals surface area (Å²) in [6.45, 7) is 6.99. The summed E-state index contributed by atoms with van der Waals surface area (Å²) in [5.41, 5.74) is 2.82. The van der Waals surface area contributed by atoms with Crippen molar-refractivity contribution < 1.29 is 0 Å². The molecule has 1 atom stereocenters. The number of guanidine groups is 1. The summed E-state index contributed by atoms with van der Waals surface area (Å²) in [6.07, 6.45) is 4.14. The highest BCUT2D eigenvalue weighted by Gasteiger charge is 2.24. The molecule has 2 N–H and O–H groups in total. The molecule has 2 aromatic rings. The van der Waals surface area contributed by atoms with E-state index in [2.05, 4.69) is 63.6 Å². The zero-order chi connectivity index (χ0) is 17.6. The van der Waals surface area contributed by atoms with E-state index in [1.807, 2.05) is 13.2 Å². The van der Waals surface area contributed by atoms with Crippen LogP contribution in [0.4, 0.5) is 5.69 Å². The molecule has 2 heterocycles. The van der Waals surface area contributed by atoms with Crippen LogP contribution in [0.15, 0.2) is 35.5 Å². The van der Waals surface area contributed by atoms with Crippen LogP contribution in [0.5, 0.6) is 0 Å². The number of para-hydroxylation sites is 1. The van der Waals surface area contributed by atoms with Crippen LogP contribution in [0.3, 0.4) is 0 Å². The second kappa shape index (κ2) is 8.34. The van der Waals surface area contributed by atoms with E-state index in [-0.39, 0.29) is 0 Å². The average molecular weight is 358 g/mol. The van der Waals surface area contributed by atoms with Crippen LogP contribution in [-0.4, -0.2) is 37.1 Å². The minimum atomic E-state index is 0.553. The molecule has 1 aromatic heterocycles. The topological polar surface area (TPSA) is 52.6 Å². The third-order valence-corrected chi connectivity index (χ3v) is 5.72. The molecule has 1 aliphatic heterocycles. The van der Waals surface area contributed by atoms with Gasteiger partial charge in [0.05, 0.1) is 6.54 Å². The minimum Gasteiger partial charge on any atom is -0.367 e. The van der Waals surface area contributed by atoms with Gasteiger partial charge in [-0.25, -0.2) is 4.98 Å². The molecule has 1 aliphatic rings. The lowest BCUT2D eigenvalue weighted by Crippen LogP contribution is -2.42. The van der Waals surface area contributed by atoms with Gasteiger partial charge in [0.15, 0.2) is 5.96 Å². The number of benzene rings is 1. The van der Waals surface area contributed by atoms with E-state index >= 15 is 0 Å². The maximum absolute atomic E-state index is 4.44. The first kappa shape index (κ1) is 17.7. The first-order chi connectivity index (χ1) is 12.2. The van der Waals surface area contributed by atoms with Crippen molar-refractivity contribution in [3.63, 3.8) is 0 Å². The van der Waals surface area contributed by atoms with Crippen molar-refractivity contribution >= 4 is 23.0 Å². The van der Waals surface area contributed by atoms with Crippen LogP contribution >= 0.6 is 11.3 Å². The fraction of sp³-hybridized carbons (Fsp3) is 0.474. The highest BCUT2D eigenvalue weighted by Crippen LogP contribution is 2.31. The van der Waals surface area contributed by atoms with Crippen LogP contribution in [0.25, 0.3) is 0 Å². The summed E-state index contributed by atoms with van der Waals surface area (Å²) in [4.78, 5) is 12.5. The number of hydrogen-bond donors (Lipinski definition) is 2. The quantitative estimate of drug-likeness (QED) is 0.617. The van der Waals surface area contributed by atoms with Gasteiger partial charge < -0.3 is 15.5 Å². The van der Waals surface area contributed by atoms with E-state index in [1.54, 1.807) is 11.3 Å². The fourth-order valence-corrected chi connectivity index (χ4v) is 4.04. The molecule has 0 amide bonds. The van der Waals surface area contributed by atoms with Gasteiger partial charge in [-0.05, 0) is 31.4 Å². The van der Waals surface area contributed by atoms with Crippen LogP contribution in [0.1, 0.15) is 29.3 Å². The Bertz CT molecular complexity index is 724. The number of hydrogen-bond acceptors (Lipinski definition) is 4. The number of anilines is 1. The summed E-state index contributed by atoms with van der Waals surface area (Å²) in [6, 6.07) is 9.26. The molecule has 0 fully saturated rings. The Morgan fingerprint density at radius 2 is 2.20 bits per heavy atom. The number of aromatic nitrogens is 1. The van der Waals surface area contributed by atoms with Gasteiger partial charge in [-0.2, -0.15) is 0 Å². The van der Waals surface area contributed by atoms with Crippen molar-refractivity contribution in [3.05, 3.63) is 45.9 Å². The van der Waals surface area contributed by atoms with Gasteiger partial charge >= 0.3 is 0 Å². The van der Waals surface area contributed by atoms with Crippen LogP contribution < -0.4 is 15.5 Å². The third-order valence-electron chi connectivity index (χ3n) is 4.57. The van der Waals surface area contributed by atoms with Crippen molar-refractivity contribution in [2.75, 3.05) is 25.0 Å². The highest BCUT2D eigenvalue weighted by molar-refractivity contribution is 7.11. The maximum Gasteiger partial charge on any atom is 0.191 e. The third kappa shape index (κ3) is 4.31. The largest absolute Gasteiger partial charge is 0.367 e. The summed E-state index contributed by atoms with van der Waals surface area (Å²) in [7, 11) is 1.81. The Kier molecular flexibility index (Phi) is 5.91. The highest BCUT2D eigenvalue weighted by atomic mass is 32.1. The number of fused-ring (bicyclic) bond motifs is 1. The van der Waals surface area contributed by atoms with Gasteiger partial charge in [-0.15, -0.1) is 11.3 Å². The predicted octanol–water partition coefficient (Wildman–Crippen LogP) is 2.82. The zero-order valence-electron chi connectivity index (χ0n) is 15.2. The standard InChI is InChI=1S/C19H27N5S/c1-4-16-12-22-18(25-16)13-23-19(20-3)21-9-10-24-14(2)11-15-7-5-6-8-17(15)24/h5-8,12,14H,4,9-11,13H2,1-3H3,(H2,20,21,23). The lowest BCUT2D eigenvalue weighted by Gasteiger charge is -2.25. The zero-order valence-corrected chi connectivity index (χ0v) is 16.1. The van der Waals surface area contributed by atoms with Gasteiger partial charge in [0.2, 0.25) is 0 Å². The Morgan fingerprint density at radius 3 is 2.96 bits per heavy atom. The fourth-order valence-electron chi connectivity index (χ4n) is 3.24. The van der Waals surface area contributed by atoms with Crippen molar-refractivity contribution in [1.82, 2.24) is 15.6 Å². The molecule has 0 saturated heterocycles. The minimum absolute atomic E-state index is 0.553. The lowest BCUT2D eigenvalue weighted by molar-refractivity contribution is 0.656. The van der Waals surface area contributed by atoms with Gasteiger partial charge in [0, 0.05) is 42.9 Å². The molecule has 3 rings (SSSR count). The van der Waals surface area contributed by atoms with E-state index in [0.29, 0.717) is 12.6 Å². The van der Waals surface area contributed by atoms with E-state index in [1.165, 1.54) is 16.1 Å². The Hall–Kier alpha value is -2.08. The second-order valence-electron chi connectivity index (χ2n) is 6.30. The number of nitrogens with one attached hydrogen (secondary N) is 2. The lowest BCUT2D eigenvalue weighted by atomic mass is 10.1. The number of aliphatic imine (C=N–C) groups is 1. The molecule has 5 nitrogen and oxygen atoms in total. The molecule has 0 saturated carbocycles. The molecule has 25 heavy (non-hydrogen) atoms. The first-order valence-corrected chi connectivity index (χ1v) is 9.75. The normalized spacial score (nSPS) is 16.8. The van der Waals surface area contributed by atoms with Gasteiger partial charge in [0.25, 0.3) is 0 Å². The molecule has 1 aromatic carbocycles. The van der Waals surface area contributed by atoms with E-state index < -0.39 is 0 Å². The van der Waals surface area contributed by atoms with E-state index in [0.717, 1.165) is 36.9 Å². The van der Waals surface area contributed by atoms with Crippen molar-refractivity contribution in [2.45, 2.75) is 39.3 Å². The molecular formula is C19H27N5S. The average Bonchev–Trinajstić information content (AvgIpc) is 3.22. The molecule has 6 heteroatoms. The van der Waals surface area contributed by atoms with Crippen molar-refractivity contribution in [1.29, 1.82) is 0 Å². The van der Waals surface area contributed by atoms with E-state index in [9.17, 15) is 0 Å². The smallest absolute Gasteiger partial charge is 0.191 e. The summed E-state index contributed by atoms with van der Waals surface area (Å²) in [5.74, 6) is 0.827. The Labute approximate surface area is 154 Å². The first-order valence-electron chi connectivity index (χ1n) is 8.94. The maximum atomic E-state index is 4.44. The van der Waals surface area contributed by atoms with Gasteiger partial charge in [-0.1, -0.05) is 25.1 Å². The molecule has 0 bridgehead atoms. The number of thiazole rings is 1. The molecule has 0 radical (unpaired) electrons. The van der Waals surface area contributed by atoms with Gasteiger partial charge in [-0.3, -0.25) is 4.99 Å². The molecule has 0 spiro atoms. The van der Waals surface area contributed by atoms with Crippen molar-refractivity contribution in [2.24, 2.45) is 4.99 Å². The monoisotopic (exact) mass is 357 g/mol. The van der Waals surface area contributed by atoms with Crippen molar-refractivity contribution in [3.8, 4) is 0 Å². The van der Waals surface area contributed by atoms with E-state index in [4.69, 9.17) is 0 Å². The van der Waals surface area contributed by atoms with Crippen LogP contribution in [-0.2, 0) is 19.4 Å².